The van der Waals surface area contributed by atoms with Crippen LogP contribution in [-0.2, 0) is 10.5 Å². The Kier molecular flexibility index (Phi) is 7.12. The number of thioether (sulfide) groups is 1. The van der Waals surface area contributed by atoms with E-state index < -0.39 is 0 Å². The van der Waals surface area contributed by atoms with Gasteiger partial charge in [-0.2, -0.15) is 0 Å². The van der Waals surface area contributed by atoms with Gasteiger partial charge in [0.2, 0.25) is 5.91 Å². The number of likely N-dealkylation sites (N-methyl/N-ethyl adjacent to an activating group) is 1. The summed E-state index contributed by atoms with van der Waals surface area (Å²) in [5, 5.41) is 5.48. The van der Waals surface area contributed by atoms with Crippen LogP contribution >= 0.6 is 34.7 Å². The molecule has 0 aliphatic rings. The lowest BCUT2D eigenvalue weighted by Crippen LogP contribution is -2.35. The highest BCUT2D eigenvalue weighted by Crippen LogP contribution is 2.25. The number of amides is 1. The summed E-state index contributed by atoms with van der Waals surface area (Å²) in [6, 6.07) is 9.16. The molecule has 1 aromatic carbocycles. The van der Waals surface area contributed by atoms with Crippen LogP contribution in [0.25, 0.3) is 4.96 Å². The van der Waals surface area contributed by atoms with Crippen molar-refractivity contribution in [2.75, 3.05) is 26.4 Å². The Morgan fingerprint density at radius 1 is 1.39 bits per heavy atom. The molecule has 0 fully saturated rings. The van der Waals surface area contributed by atoms with Crippen LogP contribution in [-0.4, -0.2) is 46.6 Å². The number of thiazole rings is 1. The van der Waals surface area contributed by atoms with Gasteiger partial charge in [0, 0.05) is 35.0 Å². The number of hydrogen-bond acceptors (Lipinski definition) is 6. The number of carbonyl (C=O) groups excluding carboxylic acids is 1. The highest BCUT2D eigenvalue weighted by atomic mass is 35.5. The molecule has 0 spiro atoms. The third-order valence-corrected chi connectivity index (χ3v) is 6.29. The van der Waals surface area contributed by atoms with Crippen LogP contribution in [0.4, 0.5) is 0 Å². The largest absolute Gasteiger partial charge is 0.353 e. The smallest absolute Gasteiger partial charge is 0.258 e. The summed E-state index contributed by atoms with van der Waals surface area (Å²) in [6.45, 7) is 0.469. The molecular weight excluding hydrogens is 416 g/mol. The van der Waals surface area contributed by atoms with Crippen molar-refractivity contribution in [3.8, 4) is 0 Å². The summed E-state index contributed by atoms with van der Waals surface area (Å²) >= 11 is 9.15. The van der Waals surface area contributed by atoms with Gasteiger partial charge in [0.25, 0.3) is 5.56 Å². The van der Waals surface area contributed by atoms with E-state index >= 15 is 0 Å². The molecule has 6 nitrogen and oxygen atoms in total. The second-order valence-electron chi connectivity index (χ2n) is 6.44. The predicted molar refractivity (Wildman–Crippen MR) is 116 cm³/mol. The molecule has 9 heteroatoms. The zero-order valence-corrected chi connectivity index (χ0v) is 18.0. The molecule has 1 atom stereocenters. The van der Waals surface area contributed by atoms with Crippen LogP contribution in [0.1, 0.15) is 17.3 Å². The van der Waals surface area contributed by atoms with Gasteiger partial charge in [-0.3, -0.25) is 14.0 Å². The van der Waals surface area contributed by atoms with E-state index in [0.29, 0.717) is 33.7 Å². The number of aromatic nitrogens is 2. The van der Waals surface area contributed by atoms with Gasteiger partial charge in [-0.15, -0.1) is 23.1 Å². The number of nitrogens with zero attached hydrogens (tertiary/aromatic N) is 3. The minimum absolute atomic E-state index is 0.00870. The second-order valence-corrected chi connectivity index (χ2v) is 8.70. The SMILES string of the molecule is CN(C)[C@H](CNC(=O)CSCc1cc(=O)n2ccsc2n1)c1ccccc1Cl. The summed E-state index contributed by atoms with van der Waals surface area (Å²) in [4.78, 5) is 31.4. The van der Waals surface area contributed by atoms with Crippen LogP contribution in [0.3, 0.4) is 0 Å². The van der Waals surface area contributed by atoms with Crippen LogP contribution in [0, 0.1) is 0 Å². The van der Waals surface area contributed by atoms with Gasteiger partial charge in [-0.1, -0.05) is 29.8 Å². The lowest BCUT2D eigenvalue weighted by atomic mass is 10.1. The van der Waals surface area contributed by atoms with E-state index in [-0.39, 0.29) is 17.5 Å². The van der Waals surface area contributed by atoms with Crippen molar-refractivity contribution in [1.82, 2.24) is 19.6 Å². The molecule has 0 radical (unpaired) electrons. The van der Waals surface area contributed by atoms with Crippen LogP contribution in [0.2, 0.25) is 5.02 Å². The lowest BCUT2D eigenvalue weighted by Gasteiger charge is -2.26. The third-order valence-electron chi connectivity index (χ3n) is 4.22. The van der Waals surface area contributed by atoms with Gasteiger partial charge >= 0.3 is 0 Å². The second kappa shape index (κ2) is 9.56. The van der Waals surface area contributed by atoms with Crippen LogP contribution < -0.4 is 10.9 Å². The molecule has 3 aromatic rings. The van der Waals surface area contributed by atoms with E-state index in [0.717, 1.165) is 5.56 Å². The minimum Gasteiger partial charge on any atom is -0.353 e. The first-order valence-electron chi connectivity index (χ1n) is 8.67. The molecule has 0 aliphatic carbocycles. The average molecular weight is 437 g/mol. The molecule has 0 aliphatic heterocycles. The maximum Gasteiger partial charge on any atom is 0.258 e. The number of halogens is 1. The summed E-state index contributed by atoms with van der Waals surface area (Å²) in [5.41, 5.74) is 1.57. The molecule has 0 unspecified atom stereocenters. The zero-order valence-electron chi connectivity index (χ0n) is 15.6. The fourth-order valence-corrected chi connectivity index (χ4v) is 4.53. The summed E-state index contributed by atoms with van der Waals surface area (Å²) in [6.07, 6.45) is 1.71. The summed E-state index contributed by atoms with van der Waals surface area (Å²) in [5.74, 6) is 0.755. The minimum atomic E-state index is -0.0973. The predicted octanol–water partition coefficient (Wildman–Crippen LogP) is 3.06. The topological polar surface area (TPSA) is 66.7 Å². The molecule has 1 N–H and O–H groups in total. The summed E-state index contributed by atoms with van der Waals surface area (Å²) in [7, 11) is 3.92. The quantitative estimate of drug-likeness (QED) is 0.587. The first kappa shape index (κ1) is 20.9. The Bertz CT molecular complexity index is 1020. The van der Waals surface area contributed by atoms with E-state index in [1.165, 1.54) is 33.6 Å². The van der Waals surface area contributed by atoms with Crippen molar-refractivity contribution in [3.05, 3.63) is 68.5 Å². The maximum absolute atomic E-state index is 12.2. The number of benzene rings is 1. The van der Waals surface area contributed by atoms with Crippen molar-refractivity contribution in [1.29, 1.82) is 0 Å². The van der Waals surface area contributed by atoms with Crippen molar-refractivity contribution in [2.24, 2.45) is 0 Å². The first-order chi connectivity index (χ1) is 13.5. The molecule has 2 aromatic heterocycles. The fourth-order valence-electron chi connectivity index (χ4n) is 2.79. The number of hydrogen-bond donors (Lipinski definition) is 1. The highest BCUT2D eigenvalue weighted by molar-refractivity contribution is 7.99. The third kappa shape index (κ3) is 5.14. The Labute approximate surface area is 176 Å². The van der Waals surface area contributed by atoms with Gasteiger partial charge in [-0.05, 0) is 25.7 Å². The van der Waals surface area contributed by atoms with Crippen LogP contribution in [0.5, 0.6) is 0 Å². The van der Waals surface area contributed by atoms with E-state index in [2.05, 4.69) is 10.3 Å². The summed E-state index contributed by atoms with van der Waals surface area (Å²) < 4.78 is 1.52. The Balaban J connectivity index is 1.52. The molecule has 0 bridgehead atoms. The molecular formula is C19H21ClN4O2S2. The Morgan fingerprint density at radius 2 is 2.18 bits per heavy atom. The molecule has 28 heavy (non-hydrogen) atoms. The molecule has 0 saturated heterocycles. The van der Waals surface area contributed by atoms with E-state index in [1.807, 2.05) is 48.6 Å². The molecule has 0 saturated carbocycles. The van der Waals surface area contributed by atoms with Gasteiger partial charge in [0.05, 0.1) is 17.5 Å². The standard InChI is InChI=1S/C19H21ClN4O2S2/c1-23(2)16(14-5-3-4-6-15(14)20)10-21-17(25)12-27-11-13-9-18(26)24-7-8-28-19(24)22-13/h3-9,16H,10-12H2,1-2H3,(H,21,25)/t16-/m1/s1. The fraction of sp³-hybridized carbons (Fsp3) is 0.316. The average Bonchev–Trinajstić information content (AvgIpc) is 3.12. The molecule has 3 rings (SSSR count). The van der Waals surface area contributed by atoms with E-state index in [4.69, 9.17) is 11.6 Å². The number of rotatable bonds is 8. The lowest BCUT2D eigenvalue weighted by molar-refractivity contribution is -0.118. The van der Waals surface area contributed by atoms with Crippen LogP contribution in [0.15, 0.2) is 46.7 Å². The van der Waals surface area contributed by atoms with Crippen molar-refractivity contribution < 1.29 is 4.79 Å². The van der Waals surface area contributed by atoms with Gasteiger partial charge in [0.1, 0.15) is 0 Å². The first-order valence-corrected chi connectivity index (χ1v) is 11.1. The van der Waals surface area contributed by atoms with E-state index in [9.17, 15) is 9.59 Å². The van der Waals surface area contributed by atoms with E-state index in [1.54, 1.807) is 6.20 Å². The van der Waals surface area contributed by atoms with Crippen molar-refractivity contribution in [3.63, 3.8) is 0 Å². The Hall–Kier alpha value is -1.87. The molecule has 148 valence electrons. The zero-order chi connectivity index (χ0) is 20.1. The normalized spacial score (nSPS) is 12.4. The van der Waals surface area contributed by atoms with Gasteiger partial charge in [-0.25, -0.2) is 4.98 Å². The Morgan fingerprint density at radius 3 is 2.93 bits per heavy atom. The maximum atomic E-state index is 12.2. The number of fused-ring (bicyclic) bond motifs is 1. The number of carbonyl (C=O) groups is 1. The van der Waals surface area contributed by atoms with Crippen molar-refractivity contribution >= 4 is 45.6 Å². The van der Waals surface area contributed by atoms with Gasteiger partial charge < -0.3 is 10.2 Å². The number of nitrogens with one attached hydrogen (secondary N) is 1. The molecule has 2 heterocycles. The highest BCUT2D eigenvalue weighted by Gasteiger charge is 2.17. The molecule has 1 amide bonds. The monoisotopic (exact) mass is 436 g/mol. The van der Waals surface area contributed by atoms with Crippen molar-refractivity contribution in [2.45, 2.75) is 11.8 Å². The van der Waals surface area contributed by atoms with Gasteiger partial charge in [0.15, 0.2) is 4.96 Å².